The summed E-state index contributed by atoms with van der Waals surface area (Å²) >= 11 is 0. The lowest BCUT2D eigenvalue weighted by Gasteiger charge is -2.26. The van der Waals surface area contributed by atoms with Gasteiger partial charge >= 0.3 is 0 Å². The van der Waals surface area contributed by atoms with Crippen LogP contribution in [0.5, 0.6) is 0 Å². The van der Waals surface area contributed by atoms with Gasteiger partial charge < -0.3 is 4.74 Å². The summed E-state index contributed by atoms with van der Waals surface area (Å²) in [6, 6.07) is 2.03. The molecule has 0 radical (unpaired) electrons. The van der Waals surface area contributed by atoms with E-state index in [-0.39, 0.29) is 12.1 Å². The van der Waals surface area contributed by atoms with Gasteiger partial charge in [-0.3, -0.25) is 16.3 Å². The zero-order valence-corrected chi connectivity index (χ0v) is 9.81. The number of nitrogens with two attached hydrogens (primary N) is 1. The molecule has 16 heavy (non-hydrogen) atoms. The summed E-state index contributed by atoms with van der Waals surface area (Å²) < 4.78 is 5.57. The van der Waals surface area contributed by atoms with Gasteiger partial charge in [0.1, 0.15) is 0 Å². The number of aromatic nitrogens is 1. The molecule has 1 aromatic heterocycles. The Morgan fingerprint density at radius 2 is 2.31 bits per heavy atom. The van der Waals surface area contributed by atoms with Gasteiger partial charge in [0, 0.05) is 19.5 Å². The van der Waals surface area contributed by atoms with Crippen molar-refractivity contribution in [2.45, 2.75) is 31.9 Å². The monoisotopic (exact) mass is 221 g/mol. The van der Waals surface area contributed by atoms with Gasteiger partial charge in [-0.25, -0.2) is 0 Å². The van der Waals surface area contributed by atoms with Crippen LogP contribution in [0.4, 0.5) is 0 Å². The molecule has 4 heteroatoms. The average molecular weight is 221 g/mol. The van der Waals surface area contributed by atoms with E-state index in [1.165, 1.54) is 18.4 Å². The summed E-state index contributed by atoms with van der Waals surface area (Å²) in [6.07, 6.45) is 6.28. The van der Waals surface area contributed by atoms with Crippen molar-refractivity contribution in [3.05, 3.63) is 29.6 Å². The molecule has 3 N–H and O–H groups in total. The second-order valence-corrected chi connectivity index (χ2v) is 4.41. The number of hydrogen-bond acceptors (Lipinski definition) is 4. The maximum absolute atomic E-state index is 5.66. The normalized spacial score (nSPS) is 19.4. The van der Waals surface area contributed by atoms with Crippen molar-refractivity contribution in [1.29, 1.82) is 0 Å². The lowest BCUT2D eigenvalue weighted by Crippen LogP contribution is -2.39. The van der Waals surface area contributed by atoms with E-state index in [2.05, 4.69) is 17.3 Å². The average Bonchev–Trinajstić information content (AvgIpc) is 3.11. The summed E-state index contributed by atoms with van der Waals surface area (Å²) in [5, 5.41) is 0. The van der Waals surface area contributed by atoms with Gasteiger partial charge in [-0.1, -0.05) is 0 Å². The third-order valence-electron chi connectivity index (χ3n) is 3.28. The van der Waals surface area contributed by atoms with E-state index in [4.69, 9.17) is 10.6 Å². The van der Waals surface area contributed by atoms with Crippen LogP contribution in [0.15, 0.2) is 18.5 Å². The predicted molar refractivity (Wildman–Crippen MR) is 62.6 cm³/mol. The van der Waals surface area contributed by atoms with Crippen LogP contribution in [-0.4, -0.2) is 18.2 Å². The first kappa shape index (κ1) is 11.5. The number of hydrazine groups is 1. The topological polar surface area (TPSA) is 60.2 Å². The molecule has 1 aliphatic carbocycles. The van der Waals surface area contributed by atoms with Gasteiger partial charge in [0.25, 0.3) is 0 Å². The zero-order valence-electron chi connectivity index (χ0n) is 9.81. The smallest absolute Gasteiger partial charge is 0.0807 e. The molecule has 0 spiro atoms. The summed E-state index contributed by atoms with van der Waals surface area (Å²) in [4.78, 5) is 4.16. The second-order valence-electron chi connectivity index (χ2n) is 4.41. The Morgan fingerprint density at radius 1 is 1.56 bits per heavy atom. The van der Waals surface area contributed by atoms with Crippen molar-refractivity contribution in [3.63, 3.8) is 0 Å². The highest BCUT2D eigenvalue weighted by Gasteiger charge is 2.37. The standard InChI is InChI=1S/C12H19N3O/c1-8-5-6-14-7-10(8)11(15-13)12(16-2)9-3-4-9/h5-7,9,11-12,15H,3-4,13H2,1-2H3. The second kappa shape index (κ2) is 4.91. The summed E-state index contributed by atoms with van der Waals surface area (Å²) in [5.74, 6) is 6.29. The molecule has 1 heterocycles. The first-order chi connectivity index (χ1) is 7.77. The lowest BCUT2D eigenvalue weighted by atomic mass is 9.97. The third kappa shape index (κ3) is 2.24. The molecular weight excluding hydrogens is 202 g/mol. The highest BCUT2D eigenvalue weighted by atomic mass is 16.5. The molecule has 88 valence electrons. The van der Waals surface area contributed by atoms with Crippen LogP contribution >= 0.6 is 0 Å². The Kier molecular flexibility index (Phi) is 3.53. The molecule has 0 amide bonds. The molecule has 2 atom stereocenters. The molecule has 2 unspecified atom stereocenters. The molecule has 4 nitrogen and oxygen atoms in total. The van der Waals surface area contributed by atoms with E-state index in [0.29, 0.717) is 5.92 Å². The minimum atomic E-state index is 0.0335. The van der Waals surface area contributed by atoms with Gasteiger partial charge in [0.05, 0.1) is 12.1 Å². The molecule has 1 aromatic rings. The number of pyridine rings is 1. The number of nitrogens with zero attached hydrogens (tertiary/aromatic N) is 1. The van der Waals surface area contributed by atoms with Crippen molar-refractivity contribution >= 4 is 0 Å². The van der Waals surface area contributed by atoms with Crippen LogP contribution in [0, 0.1) is 12.8 Å². The van der Waals surface area contributed by atoms with Crippen molar-refractivity contribution in [2.24, 2.45) is 11.8 Å². The van der Waals surface area contributed by atoms with Crippen molar-refractivity contribution in [3.8, 4) is 0 Å². The molecular formula is C12H19N3O. The van der Waals surface area contributed by atoms with Crippen LogP contribution in [0.3, 0.4) is 0 Å². The minimum absolute atomic E-state index is 0.0335. The van der Waals surface area contributed by atoms with Crippen LogP contribution in [-0.2, 0) is 4.74 Å². The molecule has 1 fully saturated rings. The molecule has 0 bridgehead atoms. The summed E-state index contributed by atoms with van der Waals surface area (Å²) in [7, 11) is 1.75. The van der Waals surface area contributed by atoms with E-state index in [1.54, 1.807) is 13.3 Å². The minimum Gasteiger partial charge on any atom is -0.379 e. The first-order valence-electron chi connectivity index (χ1n) is 5.67. The lowest BCUT2D eigenvalue weighted by molar-refractivity contribution is 0.0504. The number of nitrogens with one attached hydrogen (secondary N) is 1. The number of hydrogen-bond donors (Lipinski definition) is 2. The fourth-order valence-corrected chi connectivity index (χ4v) is 2.19. The summed E-state index contributed by atoms with van der Waals surface area (Å²) in [6.45, 7) is 2.07. The molecule has 0 saturated heterocycles. The van der Waals surface area contributed by atoms with Gasteiger partial charge in [-0.15, -0.1) is 0 Å². The van der Waals surface area contributed by atoms with E-state index >= 15 is 0 Å². The van der Waals surface area contributed by atoms with Gasteiger partial charge in [-0.2, -0.15) is 0 Å². The largest absolute Gasteiger partial charge is 0.379 e. The van der Waals surface area contributed by atoms with E-state index in [0.717, 1.165) is 5.56 Å². The van der Waals surface area contributed by atoms with E-state index in [1.807, 2.05) is 12.3 Å². The molecule has 1 saturated carbocycles. The molecule has 0 aromatic carbocycles. The Hall–Kier alpha value is -0.970. The first-order valence-corrected chi connectivity index (χ1v) is 5.67. The number of rotatable bonds is 5. The maximum atomic E-state index is 5.66. The third-order valence-corrected chi connectivity index (χ3v) is 3.28. The van der Waals surface area contributed by atoms with Crippen LogP contribution in [0.1, 0.15) is 30.0 Å². The Morgan fingerprint density at radius 3 is 2.81 bits per heavy atom. The zero-order chi connectivity index (χ0) is 11.5. The number of aryl methyl sites for hydroxylation is 1. The molecule has 1 aliphatic rings. The Balaban J connectivity index is 2.23. The van der Waals surface area contributed by atoms with E-state index in [9.17, 15) is 0 Å². The van der Waals surface area contributed by atoms with Gasteiger partial charge in [0.2, 0.25) is 0 Å². The van der Waals surface area contributed by atoms with Crippen LogP contribution in [0.2, 0.25) is 0 Å². The Labute approximate surface area is 96.2 Å². The highest BCUT2D eigenvalue weighted by Crippen LogP contribution is 2.39. The van der Waals surface area contributed by atoms with Gasteiger partial charge in [-0.05, 0) is 42.9 Å². The van der Waals surface area contributed by atoms with Crippen molar-refractivity contribution in [1.82, 2.24) is 10.4 Å². The number of ether oxygens (including phenoxy) is 1. The van der Waals surface area contributed by atoms with E-state index < -0.39 is 0 Å². The highest BCUT2D eigenvalue weighted by molar-refractivity contribution is 5.26. The fourth-order valence-electron chi connectivity index (χ4n) is 2.19. The fraction of sp³-hybridized carbons (Fsp3) is 0.583. The molecule has 0 aliphatic heterocycles. The van der Waals surface area contributed by atoms with Crippen LogP contribution in [0.25, 0.3) is 0 Å². The predicted octanol–water partition coefficient (Wildman–Crippen LogP) is 1.32. The quantitative estimate of drug-likeness (QED) is 0.581. The summed E-state index contributed by atoms with van der Waals surface area (Å²) in [5.41, 5.74) is 5.19. The van der Waals surface area contributed by atoms with Crippen LogP contribution < -0.4 is 11.3 Å². The Bertz CT molecular complexity index is 352. The SMILES string of the molecule is COC(C1CC1)C(NN)c1cnccc1C. The van der Waals surface area contributed by atoms with Gasteiger partial charge in [0.15, 0.2) is 0 Å². The van der Waals surface area contributed by atoms with Crippen molar-refractivity contribution in [2.75, 3.05) is 7.11 Å². The van der Waals surface area contributed by atoms with Crippen molar-refractivity contribution < 1.29 is 4.74 Å². The number of methoxy groups -OCH3 is 1. The maximum Gasteiger partial charge on any atom is 0.0807 e. The molecule has 2 rings (SSSR count).